The van der Waals surface area contributed by atoms with Crippen molar-refractivity contribution in [3.8, 4) is 0 Å². The highest BCUT2D eigenvalue weighted by atomic mass is 19.1. The van der Waals surface area contributed by atoms with Gasteiger partial charge >= 0.3 is 6.09 Å². The molecule has 1 atom stereocenters. The van der Waals surface area contributed by atoms with Gasteiger partial charge in [0.05, 0.1) is 24.5 Å². The van der Waals surface area contributed by atoms with Crippen LogP contribution >= 0.6 is 0 Å². The summed E-state index contributed by atoms with van der Waals surface area (Å²) in [6.45, 7) is 3.02. The summed E-state index contributed by atoms with van der Waals surface area (Å²) in [5.74, 6) is -0.462. The average Bonchev–Trinajstić information content (AvgIpc) is 2.86. The SMILES string of the molecule is CC1CN(c2ccc(N3C=NN(C=O)CC3)c(F)c2)C(=O)O1. The summed E-state index contributed by atoms with van der Waals surface area (Å²) in [7, 11) is 0. The lowest BCUT2D eigenvalue weighted by atomic mass is 10.2. The Morgan fingerprint density at radius 2 is 2.23 bits per heavy atom. The van der Waals surface area contributed by atoms with Crippen molar-refractivity contribution in [2.24, 2.45) is 5.10 Å². The molecule has 8 heteroatoms. The number of benzene rings is 1. The van der Waals surface area contributed by atoms with Gasteiger partial charge in [0.2, 0.25) is 6.41 Å². The molecule has 0 aromatic heterocycles. The first kappa shape index (κ1) is 14.3. The standard InChI is InChI=1S/C14H15FN4O3/c1-10-7-19(14(21)22-10)11-2-3-13(12(15)6-11)17-4-5-18(9-20)16-8-17/h2-3,6,8-10H,4-5,7H2,1H3. The highest BCUT2D eigenvalue weighted by Crippen LogP contribution is 2.27. The Hall–Kier alpha value is -2.64. The number of halogens is 1. The summed E-state index contributed by atoms with van der Waals surface area (Å²) < 4.78 is 19.4. The molecular formula is C14H15FN4O3. The van der Waals surface area contributed by atoms with Gasteiger partial charge in [-0.25, -0.2) is 14.2 Å². The second-order valence-corrected chi connectivity index (χ2v) is 5.13. The molecule has 0 radical (unpaired) electrons. The van der Waals surface area contributed by atoms with Gasteiger partial charge in [0, 0.05) is 6.54 Å². The van der Waals surface area contributed by atoms with E-state index >= 15 is 0 Å². The molecule has 7 nitrogen and oxygen atoms in total. The summed E-state index contributed by atoms with van der Waals surface area (Å²) in [4.78, 5) is 25.3. The molecule has 1 saturated heterocycles. The molecule has 0 N–H and O–H groups in total. The van der Waals surface area contributed by atoms with Crippen molar-refractivity contribution in [1.82, 2.24) is 5.01 Å². The Kier molecular flexibility index (Phi) is 3.66. The maximum absolute atomic E-state index is 14.3. The van der Waals surface area contributed by atoms with Crippen molar-refractivity contribution in [3.63, 3.8) is 0 Å². The quantitative estimate of drug-likeness (QED) is 0.792. The van der Waals surface area contributed by atoms with Crippen LogP contribution in [0.3, 0.4) is 0 Å². The number of ether oxygens (including phenoxy) is 1. The minimum absolute atomic E-state index is 0.209. The van der Waals surface area contributed by atoms with Gasteiger partial charge in [-0.1, -0.05) is 0 Å². The predicted molar refractivity (Wildman–Crippen MR) is 78.3 cm³/mol. The first-order valence-corrected chi connectivity index (χ1v) is 6.89. The molecule has 1 aromatic carbocycles. The lowest BCUT2D eigenvalue weighted by Crippen LogP contribution is -2.37. The lowest BCUT2D eigenvalue weighted by molar-refractivity contribution is -0.118. The molecule has 0 bridgehead atoms. The number of anilines is 2. The molecule has 116 valence electrons. The third-order valence-electron chi connectivity index (χ3n) is 3.55. The van der Waals surface area contributed by atoms with Crippen LogP contribution in [0.5, 0.6) is 0 Å². The molecule has 1 unspecified atom stereocenters. The number of cyclic esters (lactones) is 1. The smallest absolute Gasteiger partial charge is 0.414 e. The first-order chi connectivity index (χ1) is 10.6. The van der Waals surface area contributed by atoms with Crippen LogP contribution in [-0.2, 0) is 9.53 Å². The molecule has 0 spiro atoms. The van der Waals surface area contributed by atoms with Gasteiger partial charge in [-0.05, 0) is 25.1 Å². The van der Waals surface area contributed by atoms with E-state index in [-0.39, 0.29) is 6.10 Å². The van der Waals surface area contributed by atoms with Gasteiger partial charge in [0.1, 0.15) is 18.3 Å². The molecule has 3 rings (SSSR count). The highest BCUT2D eigenvalue weighted by molar-refractivity contribution is 5.90. The maximum atomic E-state index is 14.3. The van der Waals surface area contributed by atoms with Crippen LogP contribution in [0.4, 0.5) is 20.6 Å². The van der Waals surface area contributed by atoms with E-state index in [2.05, 4.69) is 5.10 Å². The Morgan fingerprint density at radius 1 is 1.41 bits per heavy atom. The predicted octanol–water partition coefficient (Wildman–Crippen LogP) is 1.39. The minimum atomic E-state index is -0.471. The zero-order valence-electron chi connectivity index (χ0n) is 12.0. The molecule has 22 heavy (non-hydrogen) atoms. The van der Waals surface area contributed by atoms with Crippen molar-refractivity contribution in [1.29, 1.82) is 0 Å². The van der Waals surface area contributed by atoms with Crippen molar-refractivity contribution in [3.05, 3.63) is 24.0 Å². The zero-order chi connectivity index (χ0) is 15.7. The number of amides is 2. The molecule has 2 aliphatic heterocycles. The highest BCUT2D eigenvalue weighted by Gasteiger charge is 2.30. The average molecular weight is 306 g/mol. The fraction of sp³-hybridized carbons (Fsp3) is 0.357. The number of hydrazone groups is 1. The molecule has 1 fully saturated rings. The van der Waals surface area contributed by atoms with Crippen molar-refractivity contribution >= 4 is 30.2 Å². The third-order valence-corrected chi connectivity index (χ3v) is 3.55. The molecule has 1 aromatic rings. The Labute approximate surface area is 126 Å². The molecule has 2 amide bonds. The topological polar surface area (TPSA) is 65.5 Å². The van der Waals surface area contributed by atoms with Crippen LogP contribution in [0, 0.1) is 5.82 Å². The van der Waals surface area contributed by atoms with E-state index in [1.54, 1.807) is 24.0 Å². The first-order valence-electron chi connectivity index (χ1n) is 6.89. The van der Waals surface area contributed by atoms with Gasteiger partial charge in [0.25, 0.3) is 0 Å². The largest absolute Gasteiger partial charge is 0.444 e. The molecule has 2 heterocycles. The van der Waals surface area contributed by atoms with E-state index in [0.29, 0.717) is 37.4 Å². The fourth-order valence-corrected chi connectivity index (χ4v) is 2.43. The monoisotopic (exact) mass is 306 g/mol. The number of carbonyl (C=O) groups excluding carboxylic acids is 2. The van der Waals surface area contributed by atoms with Gasteiger partial charge in [-0.2, -0.15) is 5.10 Å². The van der Waals surface area contributed by atoms with Crippen LogP contribution in [0.25, 0.3) is 0 Å². The molecule has 0 saturated carbocycles. The van der Waals surface area contributed by atoms with Gasteiger partial charge in [-0.15, -0.1) is 0 Å². The molecule has 0 aliphatic carbocycles. The number of nitrogens with zero attached hydrogens (tertiary/aromatic N) is 4. The normalized spacial score (nSPS) is 21.3. The van der Waals surface area contributed by atoms with E-state index in [9.17, 15) is 14.0 Å². The molecular weight excluding hydrogens is 291 g/mol. The summed E-state index contributed by atoms with van der Waals surface area (Å²) in [6, 6.07) is 4.55. The summed E-state index contributed by atoms with van der Waals surface area (Å²) in [5.41, 5.74) is 0.803. The molecule has 2 aliphatic rings. The summed E-state index contributed by atoms with van der Waals surface area (Å²) in [5, 5.41) is 5.12. The Bertz CT molecular complexity index is 637. The lowest BCUT2D eigenvalue weighted by Gasteiger charge is -2.27. The van der Waals surface area contributed by atoms with E-state index in [4.69, 9.17) is 4.74 Å². The van der Waals surface area contributed by atoms with Crippen LogP contribution < -0.4 is 9.80 Å². The van der Waals surface area contributed by atoms with E-state index in [0.717, 1.165) is 0 Å². The van der Waals surface area contributed by atoms with Crippen molar-refractivity contribution in [2.45, 2.75) is 13.0 Å². The fourth-order valence-electron chi connectivity index (χ4n) is 2.43. The Morgan fingerprint density at radius 3 is 2.77 bits per heavy atom. The zero-order valence-corrected chi connectivity index (χ0v) is 12.0. The van der Waals surface area contributed by atoms with E-state index < -0.39 is 11.9 Å². The van der Waals surface area contributed by atoms with Gasteiger partial charge in [-0.3, -0.25) is 9.69 Å². The van der Waals surface area contributed by atoms with Crippen LogP contribution in [-0.4, -0.2) is 49.6 Å². The van der Waals surface area contributed by atoms with Gasteiger partial charge < -0.3 is 9.64 Å². The van der Waals surface area contributed by atoms with Gasteiger partial charge in [0.15, 0.2) is 0 Å². The minimum Gasteiger partial charge on any atom is -0.444 e. The number of carbonyl (C=O) groups is 2. The number of hydrogen-bond donors (Lipinski definition) is 0. The van der Waals surface area contributed by atoms with E-state index in [1.807, 2.05) is 0 Å². The Balaban J connectivity index is 1.81. The van der Waals surface area contributed by atoms with E-state index in [1.165, 1.54) is 22.3 Å². The number of hydrogen-bond acceptors (Lipinski definition) is 5. The maximum Gasteiger partial charge on any atom is 0.414 e. The van der Waals surface area contributed by atoms with Crippen LogP contribution in [0.2, 0.25) is 0 Å². The van der Waals surface area contributed by atoms with Crippen LogP contribution in [0.1, 0.15) is 6.92 Å². The second-order valence-electron chi connectivity index (χ2n) is 5.13. The second kappa shape index (κ2) is 5.63. The number of rotatable bonds is 3. The third kappa shape index (κ3) is 2.59. The van der Waals surface area contributed by atoms with Crippen LogP contribution in [0.15, 0.2) is 23.3 Å². The summed E-state index contributed by atoms with van der Waals surface area (Å²) in [6.07, 6.45) is 1.34. The van der Waals surface area contributed by atoms with Crippen molar-refractivity contribution in [2.75, 3.05) is 29.4 Å². The van der Waals surface area contributed by atoms with Crippen molar-refractivity contribution < 1.29 is 18.7 Å². The summed E-state index contributed by atoms with van der Waals surface area (Å²) >= 11 is 0.